The molecule has 2 aromatic rings. The number of nitrogens with one attached hydrogen (secondary N) is 1. The minimum absolute atomic E-state index is 0.0581. The molecule has 1 aliphatic carbocycles. The zero-order chi connectivity index (χ0) is 19.6. The summed E-state index contributed by atoms with van der Waals surface area (Å²) in [4.78, 5) is 12.7. The smallest absolute Gasteiger partial charge is 0.237 e. The Hall–Kier alpha value is -2.02. The normalized spacial score (nSPS) is 16.3. The van der Waals surface area contributed by atoms with Crippen LogP contribution in [0.15, 0.2) is 17.3 Å². The van der Waals surface area contributed by atoms with Crippen LogP contribution in [0.5, 0.6) is 0 Å². The lowest BCUT2D eigenvalue weighted by Crippen LogP contribution is -2.25. The maximum Gasteiger partial charge on any atom is 0.237 e. The second-order valence-corrected chi connectivity index (χ2v) is 8.88. The topological polar surface area (TPSA) is 85.8 Å². The first kappa shape index (κ1) is 19.7. The molecule has 146 valence electrons. The molecule has 0 radical (unpaired) electrons. The van der Waals surface area contributed by atoms with Crippen molar-refractivity contribution in [3.05, 3.63) is 34.6 Å². The summed E-state index contributed by atoms with van der Waals surface area (Å²) in [6, 6.07) is 4.15. The monoisotopic (exact) mass is 387 g/mol. The Labute approximate surface area is 165 Å². The third-order valence-corrected chi connectivity index (χ3v) is 6.29. The number of hydrogen-bond acceptors (Lipinski definition) is 5. The van der Waals surface area contributed by atoms with Crippen molar-refractivity contribution in [1.82, 2.24) is 14.9 Å². The van der Waals surface area contributed by atoms with Crippen LogP contribution in [0.25, 0.3) is 0 Å². The number of amides is 1. The van der Waals surface area contributed by atoms with Gasteiger partial charge in [-0.2, -0.15) is 0 Å². The molecule has 3 N–H and O–H groups in total. The molecule has 27 heavy (non-hydrogen) atoms. The van der Waals surface area contributed by atoms with E-state index >= 15 is 0 Å². The first-order valence-electron chi connectivity index (χ1n) is 9.62. The molecule has 7 heteroatoms. The minimum atomic E-state index is -0.323. The van der Waals surface area contributed by atoms with Crippen LogP contribution < -0.4 is 11.2 Å². The Bertz CT molecular complexity index is 803. The molecule has 0 aliphatic heterocycles. The van der Waals surface area contributed by atoms with Gasteiger partial charge in [-0.25, -0.2) is 4.68 Å². The summed E-state index contributed by atoms with van der Waals surface area (Å²) in [5.74, 6) is 7.41. The summed E-state index contributed by atoms with van der Waals surface area (Å²) < 4.78 is 1.58. The lowest BCUT2D eigenvalue weighted by Gasteiger charge is -2.20. The van der Waals surface area contributed by atoms with Gasteiger partial charge in [0.25, 0.3) is 0 Å². The zero-order valence-electron chi connectivity index (χ0n) is 16.6. The number of anilines is 1. The van der Waals surface area contributed by atoms with Crippen LogP contribution >= 0.6 is 11.8 Å². The molecule has 0 unspecified atom stereocenters. The number of thioether (sulfide) groups is 1. The molecule has 3 rings (SSSR count). The molecular formula is C20H29N5OS. The summed E-state index contributed by atoms with van der Waals surface area (Å²) in [5, 5.41) is 11.9. The van der Waals surface area contributed by atoms with Gasteiger partial charge in [-0.05, 0) is 51.7 Å². The van der Waals surface area contributed by atoms with Gasteiger partial charge in [0.05, 0.1) is 5.25 Å². The number of nitrogens with two attached hydrogens (primary N) is 1. The van der Waals surface area contributed by atoms with Crippen LogP contribution in [-0.4, -0.2) is 26.0 Å². The van der Waals surface area contributed by atoms with Crippen molar-refractivity contribution in [1.29, 1.82) is 0 Å². The summed E-state index contributed by atoms with van der Waals surface area (Å²) in [6.07, 6.45) is 5.94. The highest BCUT2D eigenvalue weighted by molar-refractivity contribution is 8.00. The van der Waals surface area contributed by atoms with Crippen molar-refractivity contribution in [3.63, 3.8) is 0 Å². The van der Waals surface area contributed by atoms with E-state index in [-0.39, 0.29) is 11.2 Å². The SMILES string of the molecule is Cc1cc(C)c(NC(=O)[C@H](C)Sc2nnc(C3CCCCC3)n2N)c(C)c1. The van der Waals surface area contributed by atoms with Gasteiger partial charge in [0.1, 0.15) is 0 Å². The number of carbonyl (C=O) groups is 1. The molecule has 6 nitrogen and oxygen atoms in total. The first-order chi connectivity index (χ1) is 12.9. The molecule has 1 aromatic heterocycles. The van der Waals surface area contributed by atoms with Gasteiger partial charge >= 0.3 is 0 Å². The predicted octanol–water partition coefficient (Wildman–Crippen LogP) is 4.08. The van der Waals surface area contributed by atoms with E-state index in [4.69, 9.17) is 5.84 Å². The van der Waals surface area contributed by atoms with Crippen LogP contribution in [0.3, 0.4) is 0 Å². The van der Waals surface area contributed by atoms with Crippen LogP contribution in [-0.2, 0) is 4.79 Å². The number of rotatable bonds is 5. The van der Waals surface area contributed by atoms with Gasteiger partial charge < -0.3 is 11.2 Å². The summed E-state index contributed by atoms with van der Waals surface area (Å²) in [6.45, 7) is 7.95. The molecule has 0 spiro atoms. The Morgan fingerprint density at radius 2 is 1.81 bits per heavy atom. The van der Waals surface area contributed by atoms with Gasteiger partial charge in [-0.1, -0.05) is 48.7 Å². The number of aryl methyl sites for hydroxylation is 3. The lowest BCUT2D eigenvalue weighted by atomic mass is 9.89. The van der Waals surface area contributed by atoms with Crippen LogP contribution in [0.2, 0.25) is 0 Å². The highest BCUT2D eigenvalue weighted by atomic mass is 32.2. The molecular weight excluding hydrogens is 358 g/mol. The van der Waals surface area contributed by atoms with Crippen molar-refractivity contribution in [3.8, 4) is 0 Å². The molecule has 1 amide bonds. The Morgan fingerprint density at radius 1 is 1.19 bits per heavy atom. The number of carbonyl (C=O) groups excluding carboxylic acids is 1. The molecule has 1 atom stereocenters. The van der Waals surface area contributed by atoms with E-state index in [1.807, 2.05) is 20.8 Å². The largest absolute Gasteiger partial charge is 0.336 e. The van der Waals surface area contributed by atoms with Gasteiger partial charge in [0.15, 0.2) is 5.82 Å². The van der Waals surface area contributed by atoms with E-state index in [9.17, 15) is 4.79 Å². The van der Waals surface area contributed by atoms with Crippen molar-refractivity contribution < 1.29 is 4.79 Å². The molecule has 0 saturated heterocycles. The predicted molar refractivity (Wildman–Crippen MR) is 111 cm³/mol. The molecule has 1 aliphatic rings. The molecule has 1 heterocycles. The van der Waals surface area contributed by atoms with Crippen molar-refractivity contribution in [2.75, 3.05) is 11.2 Å². The molecule has 0 bridgehead atoms. The van der Waals surface area contributed by atoms with E-state index in [0.29, 0.717) is 11.1 Å². The number of aromatic nitrogens is 3. The maximum absolute atomic E-state index is 12.7. The Balaban J connectivity index is 1.67. The lowest BCUT2D eigenvalue weighted by molar-refractivity contribution is -0.115. The molecule has 1 saturated carbocycles. The quantitative estimate of drug-likeness (QED) is 0.596. The van der Waals surface area contributed by atoms with E-state index in [1.54, 1.807) is 4.68 Å². The van der Waals surface area contributed by atoms with E-state index in [1.165, 1.54) is 36.6 Å². The number of benzene rings is 1. The fourth-order valence-electron chi connectivity index (χ4n) is 3.82. The zero-order valence-corrected chi connectivity index (χ0v) is 17.4. The van der Waals surface area contributed by atoms with Crippen molar-refractivity contribution in [2.24, 2.45) is 0 Å². The third kappa shape index (κ3) is 4.46. The van der Waals surface area contributed by atoms with E-state index in [0.717, 1.165) is 35.5 Å². The fourth-order valence-corrected chi connectivity index (χ4v) is 4.60. The molecule has 1 aromatic carbocycles. The second-order valence-electron chi connectivity index (χ2n) is 7.57. The number of nitrogens with zero attached hydrogens (tertiary/aromatic N) is 3. The van der Waals surface area contributed by atoms with Gasteiger partial charge in [-0.3, -0.25) is 4.79 Å². The maximum atomic E-state index is 12.7. The van der Waals surface area contributed by atoms with Crippen LogP contribution in [0.4, 0.5) is 5.69 Å². The fraction of sp³-hybridized carbons (Fsp3) is 0.550. The van der Waals surface area contributed by atoms with Crippen LogP contribution in [0, 0.1) is 20.8 Å². The average molecular weight is 388 g/mol. The number of hydrogen-bond donors (Lipinski definition) is 2. The summed E-state index contributed by atoms with van der Waals surface area (Å²) >= 11 is 1.35. The summed E-state index contributed by atoms with van der Waals surface area (Å²) in [7, 11) is 0. The number of nitrogen functional groups attached to an aromatic ring is 1. The standard InChI is InChI=1S/C20H29N5OS/c1-12-10-13(2)17(14(3)11-12)22-19(26)15(4)27-20-24-23-18(25(20)21)16-8-6-5-7-9-16/h10-11,15-16H,5-9,21H2,1-4H3,(H,22,26)/t15-/m0/s1. The second kappa shape index (κ2) is 8.33. The summed E-state index contributed by atoms with van der Waals surface area (Å²) in [5.41, 5.74) is 4.21. The molecule has 1 fully saturated rings. The van der Waals surface area contributed by atoms with Gasteiger partial charge in [0, 0.05) is 11.6 Å². The first-order valence-corrected chi connectivity index (χ1v) is 10.5. The van der Waals surface area contributed by atoms with Crippen LogP contribution in [0.1, 0.15) is 67.5 Å². The third-order valence-electron chi connectivity index (χ3n) is 5.24. The Morgan fingerprint density at radius 3 is 2.44 bits per heavy atom. The minimum Gasteiger partial charge on any atom is -0.336 e. The highest BCUT2D eigenvalue weighted by Crippen LogP contribution is 2.33. The van der Waals surface area contributed by atoms with E-state index < -0.39 is 0 Å². The van der Waals surface area contributed by atoms with Crippen molar-refractivity contribution in [2.45, 2.75) is 76.1 Å². The van der Waals surface area contributed by atoms with Gasteiger partial charge in [-0.15, -0.1) is 10.2 Å². The van der Waals surface area contributed by atoms with Gasteiger partial charge in [0.2, 0.25) is 11.1 Å². The van der Waals surface area contributed by atoms with Crippen molar-refractivity contribution >= 4 is 23.4 Å². The van der Waals surface area contributed by atoms with E-state index in [2.05, 4.69) is 34.6 Å². The average Bonchev–Trinajstić information content (AvgIpc) is 2.99. The highest BCUT2D eigenvalue weighted by Gasteiger charge is 2.25. The Kier molecular flexibility index (Phi) is 6.09.